The normalized spacial score (nSPS) is 16.3. The van der Waals surface area contributed by atoms with Crippen molar-refractivity contribution in [2.75, 3.05) is 43.9 Å². The highest BCUT2D eigenvalue weighted by Crippen LogP contribution is 2.38. The first-order valence-corrected chi connectivity index (χ1v) is 15.9. The molecule has 2 aliphatic heterocycles. The van der Waals surface area contributed by atoms with Gasteiger partial charge in [0.1, 0.15) is 18.1 Å². The monoisotopic (exact) mass is 672 g/mol. The van der Waals surface area contributed by atoms with Gasteiger partial charge >= 0.3 is 5.97 Å². The zero-order chi connectivity index (χ0) is 34.1. The van der Waals surface area contributed by atoms with Crippen LogP contribution < -0.4 is 10.2 Å². The number of imidazole rings is 1. The molecule has 0 unspecified atom stereocenters. The fraction of sp³-hybridized carbons (Fsp3) is 0.286. The standard InChI is InChI=1S/C35H34ClFN6O5/c1-40(2)33(45)21-13-16-41(17-14-21)28-7-3-5-25-24(28)15-18-43(31(25)32(44)39-23-11-9-22(10-12-23)35(47)48)34(46)27-19-42(20-38-27)29-8-4-6-26(36)30(29)37/h3-12,19-21,31H,13-18H2,1-2H3,(H,39,44)(H,47,48)/t31-/m1/s1. The summed E-state index contributed by atoms with van der Waals surface area (Å²) in [7, 11) is 3.53. The van der Waals surface area contributed by atoms with Crippen molar-refractivity contribution in [1.82, 2.24) is 19.4 Å². The number of amides is 3. The van der Waals surface area contributed by atoms with Crippen molar-refractivity contribution in [1.29, 1.82) is 0 Å². The van der Waals surface area contributed by atoms with Gasteiger partial charge in [0.25, 0.3) is 11.8 Å². The van der Waals surface area contributed by atoms with E-state index in [0.717, 1.165) is 11.3 Å². The lowest BCUT2D eigenvalue weighted by atomic mass is 9.88. The lowest BCUT2D eigenvalue weighted by molar-refractivity contribution is -0.133. The van der Waals surface area contributed by atoms with Crippen LogP contribution >= 0.6 is 11.6 Å². The van der Waals surface area contributed by atoms with Gasteiger partial charge in [-0.15, -0.1) is 0 Å². The maximum absolute atomic E-state index is 14.8. The Morgan fingerprint density at radius 3 is 2.33 bits per heavy atom. The summed E-state index contributed by atoms with van der Waals surface area (Å²) in [5.41, 5.74) is 3.13. The Kier molecular flexibility index (Phi) is 9.18. The van der Waals surface area contributed by atoms with E-state index in [2.05, 4.69) is 15.2 Å². The third-order valence-corrected chi connectivity index (χ3v) is 9.23. The number of carbonyl (C=O) groups excluding carboxylic acids is 3. The second kappa shape index (κ2) is 13.5. The number of hydrogen-bond acceptors (Lipinski definition) is 6. The van der Waals surface area contributed by atoms with Crippen LogP contribution in [0.2, 0.25) is 5.02 Å². The highest BCUT2D eigenvalue weighted by atomic mass is 35.5. The van der Waals surface area contributed by atoms with E-state index < -0.39 is 29.6 Å². The Morgan fingerprint density at radius 2 is 1.65 bits per heavy atom. The molecule has 0 saturated carbocycles. The molecule has 13 heteroatoms. The van der Waals surface area contributed by atoms with Crippen LogP contribution in [-0.2, 0) is 16.0 Å². The molecule has 3 heterocycles. The van der Waals surface area contributed by atoms with Gasteiger partial charge in [0, 0.05) is 57.2 Å². The molecule has 48 heavy (non-hydrogen) atoms. The molecule has 4 aromatic rings. The largest absolute Gasteiger partial charge is 0.478 e. The van der Waals surface area contributed by atoms with Crippen molar-refractivity contribution in [2.24, 2.45) is 5.92 Å². The number of carbonyl (C=O) groups is 4. The van der Waals surface area contributed by atoms with Crippen molar-refractivity contribution in [3.8, 4) is 5.69 Å². The number of carboxylic acids is 1. The number of piperidine rings is 1. The first kappa shape index (κ1) is 32.7. The van der Waals surface area contributed by atoms with Crippen molar-refractivity contribution >= 4 is 46.7 Å². The van der Waals surface area contributed by atoms with Crippen LogP contribution in [0.1, 0.15) is 50.9 Å². The smallest absolute Gasteiger partial charge is 0.335 e. The van der Waals surface area contributed by atoms with E-state index in [9.17, 15) is 28.7 Å². The van der Waals surface area contributed by atoms with Crippen LogP contribution in [0.3, 0.4) is 0 Å². The lowest BCUT2D eigenvalue weighted by Crippen LogP contribution is -2.46. The average molecular weight is 673 g/mol. The molecule has 1 atom stereocenters. The molecule has 11 nitrogen and oxygen atoms in total. The van der Waals surface area contributed by atoms with Gasteiger partial charge in [0.15, 0.2) is 5.82 Å². The number of aromatic carboxylic acids is 1. The third kappa shape index (κ3) is 6.35. The Labute approximate surface area is 281 Å². The summed E-state index contributed by atoms with van der Waals surface area (Å²) in [4.78, 5) is 61.7. The minimum Gasteiger partial charge on any atom is -0.478 e. The zero-order valence-corrected chi connectivity index (χ0v) is 27.2. The van der Waals surface area contributed by atoms with E-state index in [1.54, 1.807) is 25.1 Å². The first-order valence-electron chi connectivity index (χ1n) is 15.5. The summed E-state index contributed by atoms with van der Waals surface area (Å²) in [6.07, 6.45) is 4.60. The fourth-order valence-electron chi connectivity index (χ4n) is 6.49. The first-order chi connectivity index (χ1) is 23.0. The van der Waals surface area contributed by atoms with Gasteiger partial charge in [0.05, 0.1) is 16.3 Å². The number of fused-ring (bicyclic) bond motifs is 1. The van der Waals surface area contributed by atoms with E-state index in [1.807, 2.05) is 18.2 Å². The SMILES string of the molecule is CN(C)C(=O)C1CCN(c2cccc3c2CCN(C(=O)c2cn(-c4cccc(Cl)c4F)cn2)[C@H]3C(=O)Nc2ccc(C(=O)O)cc2)CC1. The van der Waals surface area contributed by atoms with E-state index in [1.165, 1.54) is 58.4 Å². The Bertz CT molecular complexity index is 1890. The molecule has 0 bridgehead atoms. The topological polar surface area (TPSA) is 128 Å². The van der Waals surface area contributed by atoms with Gasteiger partial charge in [0.2, 0.25) is 5.91 Å². The minimum absolute atomic E-state index is 0.0187. The summed E-state index contributed by atoms with van der Waals surface area (Å²) in [5, 5.41) is 12.1. The lowest BCUT2D eigenvalue weighted by Gasteiger charge is -2.40. The number of benzene rings is 3. The van der Waals surface area contributed by atoms with E-state index >= 15 is 0 Å². The van der Waals surface area contributed by atoms with E-state index in [4.69, 9.17) is 11.6 Å². The van der Waals surface area contributed by atoms with Crippen molar-refractivity contribution in [2.45, 2.75) is 25.3 Å². The number of nitrogens with one attached hydrogen (secondary N) is 1. The summed E-state index contributed by atoms with van der Waals surface area (Å²) < 4.78 is 16.1. The number of halogens is 2. The summed E-state index contributed by atoms with van der Waals surface area (Å²) >= 11 is 5.97. The molecule has 2 N–H and O–H groups in total. The molecule has 3 amide bonds. The molecule has 0 spiro atoms. The van der Waals surface area contributed by atoms with Crippen LogP contribution in [0.5, 0.6) is 0 Å². The second-order valence-electron chi connectivity index (χ2n) is 12.1. The average Bonchev–Trinajstić information content (AvgIpc) is 3.58. The number of carboxylic acid groups (broad SMARTS) is 1. The number of nitrogens with zero attached hydrogens (tertiary/aromatic N) is 5. The predicted octanol–water partition coefficient (Wildman–Crippen LogP) is 5.05. The minimum atomic E-state index is -1.09. The van der Waals surface area contributed by atoms with Crippen molar-refractivity contribution < 1.29 is 28.7 Å². The molecule has 6 rings (SSSR count). The van der Waals surface area contributed by atoms with Gasteiger partial charge in [-0.2, -0.15) is 0 Å². The van der Waals surface area contributed by atoms with Crippen LogP contribution in [0.15, 0.2) is 73.2 Å². The predicted molar refractivity (Wildman–Crippen MR) is 178 cm³/mol. The Hall–Kier alpha value is -5.23. The molecule has 3 aromatic carbocycles. The summed E-state index contributed by atoms with van der Waals surface area (Å²) in [6, 6.07) is 14.9. The number of hydrogen-bond donors (Lipinski definition) is 2. The van der Waals surface area contributed by atoms with Gasteiger partial charge in [-0.05, 0) is 72.9 Å². The molecule has 0 aliphatic carbocycles. The van der Waals surface area contributed by atoms with Gasteiger partial charge in [-0.1, -0.05) is 29.8 Å². The molecule has 0 radical (unpaired) electrons. The number of aromatic nitrogens is 2. The highest BCUT2D eigenvalue weighted by Gasteiger charge is 2.39. The van der Waals surface area contributed by atoms with Crippen LogP contribution in [-0.4, -0.2) is 81.9 Å². The zero-order valence-electron chi connectivity index (χ0n) is 26.4. The number of rotatable bonds is 7. The summed E-state index contributed by atoms with van der Waals surface area (Å²) in [5.74, 6) is -2.68. The van der Waals surface area contributed by atoms with Gasteiger partial charge < -0.3 is 29.7 Å². The molecule has 1 fully saturated rings. The quantitative estimate of drug-likeness (QED) is 0.281. The molecular weight excluding hydrogens is 639 g/mol. The van der Waals surface area contributed by atoms with Gasteiger partial charge in [-0.25, -0.2) is 14.2 Å². The van der Waals surface area contributed by atoms with Crippen molar-refractivity contribution in [3.05, 3.63) is 106 Å². The fourth-order valence-corrected chi connectivity index (χ4v) is 6.66. The van der Waals surface area contributed by atoms with Crippen LogP contribution in [0.25, 0.3) is 5.69 Å². The summed E-state index contributed by atoms with van der Waals surface area (Å²) in [6.45, 7) is 1.55. The van der Waals surface area contributed by atoms with Crippen molar-refractivity contribution in [3.63, 3.8) is 0 Å². The molecule has 2 aliphatic rings. The molecular formula is C35H34ClFN6O5. The van der Waals surface area contributed by atoms with Crippen LogP contribution in [0, 0.1) is 11.7 Å². The molecule has 1 aromatic heterocycles. The second-order valence-corrected chi connectivity index (χ2v) is 12.5. The molecule has 1 saturated heterocycles. The van der Waals surface area contributed by atoms with E-state index in [-0.39, 0.29) is 40.3 Å². The van der Waals surface area contributed by atoms with E-state index in [0.29, 0.717) is 43.6 Å². The Morgan fingerprint density at radius 1 is 0.958 bits per heavy atom. The third-order valence-electron chi connectivity index (χ3n) is 8.94. The molecule has 248 valence electrons. The maximum Gasteiger partial charge on any atom is 0.335 e. The maximum atomic E-state index is 14.8. The van der Waals surface area contributed by atoms with Crippen LogP contribution in [0.4, 0.5) is 15.8 Å². The highest BCUT2D eigenvalue weighted by molar-refractivity contribution is 6.30. The Balaban J connectivity index is 1.32. The van der Waals surface area contributed by atoms with Gasteiger partial charge in [-0.3, -0.25) is 14.4 Å². The number of anilines is 2.